The average molecular weight is 273 g/mol. The first kappa shape index (κ1) is 12.7. The summed E-state index contributed by atoms with van der Waals surface area (Å²) in [5, 5.41) is 1.98. The lowest BCUT2D eigenvalue weighted by molar-refractivity contribution is -0.134. The predicted octanol–water partition coefficient (Wildman–Crippen LogP) is 1.26. The van der Waals surface area contributed by atoms with Crippen LogP contribution in [0.5, 0.6) is 0 Å². The highest BCUT2D eigenvalue weighted by molar-refractivity contribution is 6.53. The molecule has 6 nitrogen and oxygen atoms in total. The van der Waals surface area contributed by atoms with Crippen LogP contribution in [0.15, 0.2) is 24.3 Å². The molecule has 0 unspecified atom stereocenters. The van der Waals surface area contributed by atoms with Crippen LogP contribution in [0.2, 0.25) is 0 Å². The second-order valence-electron chi connectivity index (χ2n) is 4.96. The molecule has 0 spiro atoms. The summed E-state index contributed by atoms with van der Waals surface area (Å²) in [4.78, 5) is 37.4. The van der Waals surface area contributed by atoms with Gasteiger partial charge in [-0.25, -0.2) is 9.69 Å². The van der Waals surface area contributed by atoms with Crippen LogP contribution in [-0.2, 0) is 9.59 Å². The molecule has 0 aromatic heterocycles. The zero-order chi connectivity index (χ0) is 14.1. The van der Waals surface area contributed by atoms with Crippen molar-refractivity contribution in [1.29, 1.82) is 0 Å². The molecule has 2 aliphatic heterocycles. The van der Waals surface area contributed by atoms with Crippen LogP contribution in [0.4, 0.5) is 16.2 Å². The highest BCUT2D eigenvalue weighted by Gasteiger charge is 2.37. The Morgan fingerprint density at radius 3 is 2.00 bits per heavy atom. The summed E-state index contributed by atoms with van der Waals surface area (Å²) in [6.07, 6.45) is 3.63. The van der Waals surface area contributed by atoms with E-state index < -0.39 is 17.8 Å². The van der Waals surface area contributed by atoms with Crippen molar-refractivity contribution in [2.45, 2.75) is 19.3 Å². The Labute approximate surface area is 116 Å². The molecule has 104 valence electrons. The van der Waals surface area contributed by atoms with Gasteiger partial charge in [0.2, 0.25) is 0 Å². The standard InChI is InChI=1S/C14H15N3O3/c18-12-13(19)17(14(20)15-12)11-6-4-10(5-7-11)16-8-2-1-3-9-16/h4-7H,1-3,8-9H2,(H,15,18,20). The second-order valence-corrected chi connectivity index (χ2v) is 4.96. The lowest BCUT2D eigenvalue weighted by atomic mass is 10.1. The molecular weight excluding hydrogens is 258 g/mol. The molecule has 6 heteroatoms. The van der Waals surface area contributed by atoms with E-state index in [-0.39, 0.29) is 0 Å². The number of hydrogen-bond donors (Lipinski definition) is 1. The maximum absolute atomic E-state index is 11.6. The smallest absolute Gasteiger partial charge is 0.336 e. The fourth-order valence-electron chi connectivity index (χ4n) is 2.60. The Morgan fingerprint density at radius 2 is 1.45 bits per heavy atom. The predicted molar refractivity (Wildman–Crippen MR) is 73.5 cm³/mol. The van der Waals surface area contributed by atoms with E-state index in [9.17, 15) is 14.4 Å². The maximum atomic E-state index is 11.6. The SMILES string of the molecule is O=C1NC(=O)N(c2ccc(N3CCCCC3)cc2)C1=O. The molecule has 0 radical (unpaired) electrons. The van der Waals surface area contributed by atoms with Crippen LogP contribution in [0.1, 0.15) is 19.3 Å². The van der Waals surface area contributed by atoms with Crippen molar-refractivity contribution >= 4 is 29.2 Å². The Kier molecular flexibility index (Phi) is 3.14. The zero-order valence-electron chi connectivity index (χ0n) is 11.0. The van der Waals surface area contributed by atoms with Crippen LogP contribution in [0, 0.1) is 0 Å². The number of urea groups is 1. The minimum atomic E-state index is -0.880. The topological polar surface area (TPSA) is 69.7 Å². The average Bonchev–Trinajstić information content (AvgIpc) is 2.73. The molecule has 0 atom stereocenters. The molecule has 4 amide bonds. The molecule has 0 aliphatic carbocycles. The molecule has 20 heavy (non-hydrogen) atoms. The molecule has 0 bridgehead atoms. The Hall–Kier alpha value is -2.37. The molecule has 2 saturated heterocycles. The van der Waals surface area contributed by atoms with Crippen molar-refractivity contribution in [3.8, 4) is 0 Å². The first-order valence-electron chi connectivity index (χ1n) is 6.71. The van der Waals surface area contributed by atoms with Crippen molar-refractivity contribution in [1.82, 2.24) is 5.32 Å². The van der Waals surface area contributed by atoms with Crippen LogP contribution < -0.4 is 15.1 Å². The Bertz CT molecular complexity index is 562. The summed E-state index contributed by atoms with van der Waals surface area (Å²) in [6.45, 7) is 2.06. The third-order valence-corrected chi connectivity index (χ3v) is 3.65. The van der Waals surface area contributed by atoms with E-state index in [0.29, 0.717) is 5.69 Å². The largest absolute Gasteiger partial charge is 0.372 e. The molecule has 0 saturated carbocycles. The molecular formula is C14H15N3O3. The van der Waals surface area contributed by atoms with Gasteiger partial charge in [-0.2, -0.15) is 0 Å². The van der Waals surface area contributed by atoms with Gasteiger partial charge in [-0.15, -0.1) is 0 Å². The number of rotatable bonds is 2. The Morgan fingerprint density at radius 1 is 0.850 bits per heavy atom. The van der Waals surface area contributed by atoms with Crippen LogP contribution in [0.3, 0.4) is 0 Å². The quantitative estimate of drug-likeness (QED) is 0.650. The summed E-state index contributed by atoms with van der Waals surface area (Å²) in [6, 6.07) is 6.46. The normalized spacial score (nSPS) is 19.5. The van der Waals surface area contributed by atoms with Crippen molar-refractivity contribution in [3.05, 3.63) is 24.3 Å². The molecule has 2 heterocycles. The van der Waals surface area contributed by atoms with Gasteiger partial charge >= 0.3 is 17.8 Å². The first-order valence-corrected chi connectivity index (χ1v) is 6.71. The van der Waals surface area contributed by atoms with Crippen molar-refractivity contribution in [2.24, 2.45) is 0 Å². The molecule has 2 fully saturated rings. The molecule has 3 rings (SSSR count). The minimum absolute atomic E-state index is 0.416. The summed E-state index contributed by atoms with van der Waals surface area (Å²) in [7, 11) is 0. The number of nitrogens with zero attached hydrogens (tertiary/aromatic N) is 2. The van der Waals surface area contributed by atoms with Gasteiger partial charge in [-0.05, 0) is 43.5 Å². The van der Waals surface area contributed by atoms with Gasteiger partial charge in [0, 0.05) is 18.8 Å². The second kappa shape index (κ2) is 4.96. The number of nitrogens with one attached hydrogen (secondary N) is 1. The third kappa shape index (κ3) is 2.13. The van der Waals surface area contributed by atoms with E-state index in [1.54, 1.807) is 12.1 Å². The van der Waals surface area contributed by atoms with E-state index in [4.69, 9.17) is 0 Å². The molecule has 1 N–H and O–H groups in total. The van der Waals surface area contributed by atoms with Crippen molar-refractivity contribution in [3.63, 3.8) is 0 Å². The number of amides is 4. The van der Waals surface area contributed by atoms with Crippen LogP contribution in [0.25, 0.3) is 0 Å². The molecule has 2 aliphatic rings. The lowest BCUT2D eigenvalue weighted by Gasteiger charge is -2.29. The highest BCUT2D eigenvalue weighted by atomic mass is 16.2. The van der Waals surface area contributed by atoms with E-state index in [0.717, 1.165) is 23.7 Å². The number of benzene rings is 1. The summed E-state index contributed by atoms with van der Waals surface area (Å²) >= 11 is 0. The van der Waals surface area contributed by atoms with Crippen LogP contribution in [-0.4, -0.2) is 30.9 Å². The summed E-state index contributed by atoms with van der Waals surface area (Å²) in [5.41, 5.74) is 1.49. The number of anilines is 2. The molecule has 1 aromatic carbocycles. The van der Waals surface area contributed by atoms with Gasteiger partial charge < -0.3 is 4.90 Å². The monoisotopic (exact) mass is 273 g/mol. The first-order chi connectivity index (χ1) is 9.66. The van der Waals surface area contributed by atoms with Crippen LogP contribution >= 0.6 is 0 Å². The number of carbonyl (C=O) groups is 3. The van der Waals surface area contributed by atoms with Gasteiger partial charge in [0.15, 0.2) is 0 Å². The van der Waals surface area contributed by atoms with E-state index in [1.165, 1.54) is 19.3 Å². The zero-order valence-corrected chi connectivity index (χ0v) is 11.0. The van der Waals surface area contributed by atoms with E-state index in [2.05, 4.69) is 4.90 Å². The number of carbonyl (C=O) groups excluding carboxylic acids is 3. The minimum Gasteiger partial charge on any atom is -0.372 e. The van der Waals surface area contributed by atoms with Crippen molar-refractivity contribution < 1.29 is 14.4 Å². The summed E-state index contributed by atoms with van der Waals surface area (Å²) in [5.74, 6) is -1.71. The van der Waals surface area contributed by atoms with Gasteiger partial charge in [-0.1, -0.05) is 0 Å². The Balaban J connectivity index is 1.81. The van der Waals surface area contributed by atoms with Gasteiger partial charge in [-0.3, -0.25) is 14.9 Å². The van der Waals surface area contributed by atoms with Gasteiger partial charge in [0.05, 0.1) is 5.69 Å². The maximum Gasteiger partial charge on any atom is 0.336 e. The summed E-state index contributed by atoms with van der Waals surface area (Å²) < 4.78 is 0. The van der Waals surface area contributed by atoms with Crippen molar-refractivity contribution in [2.75, 3.05) is 22.9 Å². The number of hydrogen-bond acceptors (Lipinski definition) is 4. The fraction of sp³-hybridized carbons (Fsp3) is 0.357. The molecule has 1 aromatic rings. The number of imide groups is 2. The van der Waals surface area contributed by atoms with E-state index >= 15 is 0 Å². The van der Waals surface area contributed by atoms with Gasteiger partial charge in [0.1, 0.15) is 0 Å². The fourth-order valence-corrected chi connectivity index (χ4v) is 2.60. The van der Waals surface area contributed by atoms with Gasteiger partial charge in [0.25, 0.3) is 0 Å². The third-order valence-electron chi connectivity index (χ3n) is 3.65. The number of piperidine rings is 1. The highest BCUT2D eigenvalue weighted by Crippen LogP contribution is 2.24. The lowest BCUT2D eigenvalue weighted by Crippen LogP contribution is -2.31. The van der Waals surface area contributed by atoms with E-state index in [1.807, 2.05) is 17.4 Å².